The number of rotatable bonds is 3. The zero-order chi connectivity index (χ0) is 14.1. The standard InChI is InChI=1S/C14H10N2O2S2/c1-8-7-19-14(15-8)20-12-6-11(13(17)18)16-10-5-3-2-4-9(10)12/h2-7H,1H3,(H,17,18). The topological polar surface area (TPSA) is 63.1 Å². The van der Waals surface area contributed by atoms with Crippen LogP contribution < -0.4 is 0 Å². The van der Waals surface area contributed by atoms with Crippen molar-refractivity contribution in [3.05, 3.63) is 47.1 Å². The fourth-order valence-corrected chi connectivity index (χ4v) is 3.77. The van der Waals surface area contributed by atoms with Crippen LogP contribution in [-0.4, -0.2) is 21.0 Å². The molecule has 0 unspecified atom stereocenters. The molecule has 6 heteroatoms. The number of aromatic carboxylic acids is 1. The maximum Gasteiger partial charge on any atom is 0.354 e. The van der Waals surface area contributed by atoms with E-state index < -0.39 is 5.97 Å². The Balaban J connectivity index is 2.14. The van der Waals surface area contributed by atoms with E-state index in [0.29, 0.717) is 5.52 Å². The summed E-state index contributed by atoms with van der Waals surface area (Å²) in [4.78, 5) is 20.6. The summed E-state index contributed by atoms with van der Waals surface area (Å²) in [5.74, 6) is -1.02. The zero-order valence-electron chi connectivity index (χ0n) is 10.5. The van der Waals surface area contributed by atoms with Crippen LogP contribution in [0.25, 0.3) is 10.9 Å². The first-order chi connectivity index (χ1) is 9.63. The van der Waals surface area contributed by atoms with Crippen LogP contribution in [0.4, 0.5) is 0 Å². The van der Waals surface area contributed by atoms with Crippen molar-refractivity contribution in [1.82, 2.24) is 9.97 Å². The lowest BCUT2D eigenvalue weighted by Gasteiger charge is -2.05. The van der Waals surface area contributed by atoms with Gasteiger partial charge in [0.25, 0.3) is 0 Å². The Morgan fingerprint density at radius 1 is 1.30 bits per heavy atom. The highest BCUT2D eigenvalue weighted by Crippen LogP contribution is 2.35. The van der Waals surface area contributed by atoms with E-state index in [0.717, 1.165) is 20.3 Å². The predicted molar refractivity (Wildman–Crippen MR) is 79.7 cm³/mol. The van der Waals surface area contributed by atoms with Crippen molar-refractivity contribution in [1.29, 1.82) is 0 Å². The van der Waals surface area contributed by atoms with Gasteiger partial charge in [0.2, 0.25) is 0 Å². The Morgan fingerprint density at radius 3 is 2.80 bits per heavy atom. The number of para-hydroxylation sites is 1. The Hall–Kier alpha value is -1.92. The summed E-state index contributed by atoms with van der Waals surface area (Å²) in [6.07, 6.45) is 0. The molecule has 0 amide bonds. The maximum absolute atomic E-state index is 11.2. The van der Waals surface area contributed by atoms with Gasteiger partial charge in [0.1, 0.15) is 5.69 Å². The molecule has 100 valence electrons. The molecule has 0 atom stereocenters. The fourth-order valence-electron chi connectivity index (χ4n) is 1.81. The number of benzene rings is 1. The second-order valence-electron chi connectivity index (χ2n) is 4.18. The Morgan fingerprint density at radius 2 is 2.10 bits per heavy atom. The number of carboxylic acid groups (broad SMARTS) is 1. The molecule has 2 heterocycles. The van der Waals surface area contributed by atoms with Crippen LogP contribution >= 0.6 is 23.1 Å². The molecule has 0 radical (unpaired) electrons. The van der Waals surface area contributed by atoms with Crippen LogP contribution in [0.3, 0.4) is 0 Å². The number of hydrogen-bond acceptors (Lipinski definition) is 5. The Bertz CT molecular complexity index is 799. The number of pyridine rings is 1. The van der Waals surface area contributed by atoms with E-state index in [9.17, 15) is 4.79 Å². The van der Waals surface area contributed by atoms with Gasteiger partial charge in [0.05, 0.1) is 5.52 Å². The third kappa shape index (κ3) is 2.52. The third-order valence-corrected chi connectivity index (χ3v) is 4.81. The van der Waals surface area contributed by atoms with Crippen molar-refractivity contribution in [2.45, 2.75) is 16.2 Å². The van der Waals surface area contributed by atoms with Gasteiger partial charge in [-0.15, -0.1) is 11.3 Å². The lowest BCUT2D eigenvalue weighted by atomic mass is 10.2. The smallest absolute Gasteiger partial charge is 0.354 e. The average molecular weight is 302 g/mol. The van der Waals surface area contributed by atoms with Crippen LogP contribution in [-0.2, 0) is 0 Å². The largest absolute Gasteiger partial charge is 0.477 e. The highest BCUT2D eigenvalue weighted by molar-refractivity contribution is 8.01. The molecule has 0 aliphatic carbocycles. The van der Waals surface area contributed by atoms with E-state index in [1.807, 2.05) is 36.6 Å². The van der Waals surface area contributed by atoms with E-state index in [2.05, 4.69) is 9.97 Å². The lowest BCUT2D eigenvalue weighted by molar-refractivity contribution is 0.0690. The van der Waals surface area contributed by atoms with E-state index in [1.165, 1.54) is 11.8 Å². The van der Waals surface area contributed by atoms with Crippen LogP contribution in [0, 0.1) is 6.92 Å². The molecule has 0 aliphatic rings. The summed E-state index contributed by atoms with van der Waals surface area (Å²) in [5, 5.41) is 12.1. The molecule has 0 bridgehead atoms. The SMILES string of the molecule is Cc1csc(Sc2cc(C(=O)O)nc3ccccc23)n1. The van der Waals surface area contributed by atoms with Crippen molar-refractivity contribution in [3.8, 4) is 0 Å². The summed E-state index contributed by atoms with van der Waals surface area (Å²) in [7, 11) is 0. The molecule has 0 saturated heterocycles. The number of fused-ring (bicyclic) bond motifs is 1. The summed E-state index contributed by atoms with van der Waals surface area (Å²) in [6, 6.07) is 9.13. The Kier molecular flexibility index (Phi) is 3.42. The lowest BCUT2D eigenvalue weighted by Crippen LogP contribution is -2.00. The van der Waals surface area contributed by atoms with Gasteiger partial charge >= 0.3 is 5.97 Å². The summed E-state index contributed by atoms with van der Waals surface area (Å²) < 4.78 is 0.898. The second kappa shape index (κ2) is 5.22. The van der Waals surface area contributed by atoms with Crippen molar-refractivity contribution < 1.29 is 9.90 Å². The number of aryl methyl sites for hydroxylation is 1. The van der Waals surface area contributed by atoms with Gasteiger partial charge in [0.15, 0.2) is 4.34 Å². The Labute approximate surface area is 123 Å². The molecule has 0 saturated carbocycles. The minimum atomic E-state index is -1.02. The number of carbonyl (C=O) groups is 1. The van der Waals surface area contributed by atoms with Crippen molar-refractivity contribution >= 4 is 40.0 Å². The first kappa shape index (κ1) is 13.1. The van der Waals surface area contributed by atoms with Gasteiger partial charge in [-0.1, -0.05) is 30.0 Å². The third-order valence-electron chi connectivity index (χ3n) is 2.69. The quantitative estimate of drug-likeness (QED) is 0.796. The summed E-state index contributed by atoms with van der Waals surface area (Å²) in [5.41, 5.74) is 1.71. The second-order valence-corrected chi connectivity index (χ2v) is 6.33. The van der Waals surface area contributed by atoms with Crippen molar-refractivity contribution in [2.24, 2.45) is 0 Å². The van der Waals surface area contributed by atoms with Gasteiger partial charge in [-0.05, 0) is 19.1 Å². The first-order valence-electron chi connectivity index (χ1n) is 5.86. The highest BCUT2D eigenvalue weighted by Gasteiger charge is 2.12. The molecule has 1 aromatic carbocycles. The normalized spacial score (nSPS) is 10.8. The van der Waals surface area contributed by atoms with Crippen LogP contribution in [0.2, 0.25) is 0 Å². The monoisotopic (exact) mass is 302 g/mol. The first-order valence-corrected chi connectivity index (χ1v) is 7.56. The molecule has 1 N–H and O–H groups in total. The number of thiazole rings is 1. The maximum atomic E-state index is 11.2. The summed E-state index contributed by atoms with van der Waals surface area (Å²) in [6.45, 7) is 1.94. The van der Waals surface area contributed by atoms with Crippen molar-refractivity contribution in [2.75, 3.05) is 0 Å². The van der Waals surface area contributed by atoms with E-state index >= 15 is 0 Å². The molecule has 3 aromatic rings. The van der Waals surface area contributed by atoms with E-state index in [1.54, 1.807) is 17.4 Å². The number of aromatic nitrogens is 2. The van der Waals surface area contributed by atoms with Gasteiger partial charge in [0, 0.05) is 21.4 Å². The van der Waals surface area contributed by atoms with Crippen LogP contribution in [0.5, 0.6) is 0 Å². The molecule has 3 rings (SSSR count). The zero-order valence-corrected chi connectivity index (χ0v) is 12.2. The number of nitrogens with zero attached hydrogens (tertiary/aromatic N) is 2. The molecule has 0 aliphatic heterocycles. The van der Waals surface area contributed by atoms with Crippen LogP contribution in [0.1, 0.15) is 16.2 Å². The van der Waals surface area contributed by atoms with Gasteiger partial charge in [-0.25, -0.2) is 14.8 Å². The van der Waals surface area contributed by atoms with E-state index in [-0.39, 0.29) is 5.69 Å². The van der Waals surface area contributed by atoms with Crippen molar-refractivity contribution in [3.63, 3.8) is 0 Å². The molecule has 4 nitrogen and oxygen atoms in total. The van der Waals surface area contributed by atoms with Gasteiger partial charge < -0.3 is 5.11 Å². The van der Waals surface area contributed by atoms with Crippen LogP contribution in [0.15, 0.2) is 44.9 Å². The molecule has 20 heavy (non-hydrogen) atoms. The number of hydrogen-bond donors (Lipinski definition) is 1. The fraction of sp³-hybridized carbons (Fsp3) is 0.0714. The van der Waals surface area contributed by atoms with E-state index in [4.69, 9.17) is 5.11 Å². The minimum Gasteiger partial charge on any atom is -0.477 e. The number of carboxylic acids is 1. The molecule has 0 fully saturated rings. The van der Waals surface area contributed by atoms with Gasteiger partial charge in [-0.3, -0.25) is 0 Å². The average Bonchev–Trinajstić information content (AvgIpc) is 2.84. The molecule has 0 spiro atoms. The van der Waals surface area contributed by atoms with Gasteiger partial charge in [-0.2, -0.15) is 0 Å². The predicted octanol–water partition coefficient (Wildman–Crippen LogP) is 3.85. The molecular weight excluding hydrogens is 292 g/mol. The minimum absolute atomic E-state index is 0.0551. The highest BCUT2D eigenvalue weighted by atomic mass is 32.2. The summed E-state index contributed by atoms with van der Waals surface area (Å²) >= 11 is 3.02. The molecular formula is C14H10N2O2S2. The molecule has 2 aromatic heterocycles.